The number of aromatic nitrogens is 2. The number of benzene rings is 1. The summed E-state index contributed by atoms with van der Waals surface area (Å²) in [5, 5.41) is 10.9. The highest BCUT2D eigenvalue weighted by Crippen LogP contribution is 2.11. The largest absolute Gasteiger partial charge is 0.469 e. The zero-order valence-corrected chi connectivity index (χ0v) is 18.9. The number of halogens is 1. The summed E-state index contributed by atoms with van der Waals surface area (Å²) in [6.45, 7) is 4.92. The van der Waals surface area contributed by atoms with Crippen LogP contribution in [-0.4, -0.2) is 41.9 Å². The van der Waals surface area contributed by atoms with Crippen molar-refractivity contribution in [2.24, 2.45) is 4.99 Å². The first-order valence-corrected chi connectivity index (χ1v) is 9.36. The van der Waals surface area contributed by atoms with Gasteiger partial charge in [0, 0.05) is 31.9 Å². The smallest absolute Gasteiger partial charge is 0.305 e. The number of hydrogen-bond acceptors (Lipinski definition) is 4. The molecule has 1 heterocycles. The van der Waals surface area contributed by atoms with Crippen LogP contribution < -0.4 is 10.6 Å². The molecule has 0 amide bonds. The number of esters is 1. The van der Waals surface area contributed by atoms with Gasteiger partial charge in [-0.05, 0) is 37.0 Å². The topological polar surface area (TPSA) is 80.5 Å². The highest BCUT2D eigenvalue weighted by molar-refractivity contribution is 14.0. The Morgan fingerprint density at radius 1 is 1.18 bits per heavy atom. The molecule has 7 nitrogen and oxygen atoms in total. The van der Waals surface area contributed by atoms with Crippen LogP contribution in [0.1, 0.15) is 37.3 Å². The lowest BCUT2D eigenvalue weighted by Crippen LogP contribution is -2.37. The monoisotopic (exact) mass is 499 g/mol. The van der Waals surface area contributed by atoms with E-state index in [1.165, 1.54) is 18.2 Å². The maximum atomic E-state index is 11.1. The molecule has 0 saturated carbocycles. The molecule has 2 rings (SSSR count). The Kier molecular flexibility index (Phi) is 11.9. The van der Waals surface area contributed by atoms with Gasteiger partial charge in [-0.3, -0.25) is 9.48 Å². The number of rotatable bonds is 10. The predicted molar refractivity (Wildman–Crippen MR) is 122 cm³/mol. The van der Waals surface area contributed by atoms with Crippen LogP contribution >= 0.6 is 24.0 Å². The number of nitrogens with one attached hydrogen (secondary N) is 2. The molecule has 0 bridgehead atoms. The Morgan fingerprint density at radius 3 is 2.64 bits per heavy atom. The van der Waals surface area contributed by atoms with Crippen molar-refractivity contribution in [3.8, 4) is 0 Å². The number of unbranched alkanes of at least 4 members (excludes halogenated alkanes) is 1. The summed E-state index contributed by atoms with van der Waals surface area (Å²) >= 11 is 0. The van der Waals surface area contributed by atoms with Gasteiger partial charge < -0.3 is 15.4 Å². The fraction of sp³-hybridized carbons (Fsp3) is 0.450. The van der Waals surface area contributed by atoms with Gasteiger partial charge in [-0.25, -0.2) is 4.99 Å². The standard InChI is InChI=1S/C20H29N5O2.HI/c1-3-21-20(22-12-7-6-11-19(26)27-2)23-15-17-9-4-5-10-18(17)16-25-14-8-13-24-25;/h4-5,8-10,13-14H,3,6-7,11-12,15-16H2,1-2H3,(H2,21,22,23);1H. The third-order valence-electron chi connectivity index (χ3n) is 4.09. The van der Waals surface area contributed by atoms with Crippen LogP contribution in [0.4, 0.5) is 0 Å². The Labute approximate surface area is 184 Å². The van der Waals surface area contributed by atoms with E-state index in [4.69, 9.17) is 4.99 Å². The Hall–Kier alpha value is -2.10. The number of methoxy groups -OCH3 is 1. The SMILES string of the molecule is CCNC(=NCc1ccccc1Cn1cccn1)NCCCCC(=O)OC.I. The molecule has 8 heteroatoms. The number of carbonyl (C=O) groups excluding carboxylic acids is 1. The fourth-order valence-electron chi connectivity index (χ4n) is 2.64. The molecular formula is C20H30IN5O2. The summed E-state index contributed by atoms with van der Waals surface area (Å²) in [6.07, 6.45) is 5.88. The van der Waals surface area contributed by atoms with E-state index in [1.807, 2.05) is 36.0 Å². The van der Waals surface area contributed by atoms with E-state index >= 15 is 0 Å². The Bertz CT molecular complexity index is 719. The summed E-state index contributed by atoms with van der Waals surface area (Å²) in [5.74, 6) is 0.619. The summed E-state index contributed by atoms with van der Waals surface area (Å²) in [4.78, 5) is 15.8. The van der Waals surface area contributed by atoms with E-state index in [2.05, 4.69) is 32.6 Å². The van der Waals surface area contributed by atoms with Crippen LogP contribution in [0.2, 0.25) is 0 Å². The third-order valence-corrected chi connectivity index (χ3v) is 4.09. The lowest BCUT2D eigenvalue weighted by atomic mass is 10.1. The maximum absolute atomic E-state index is 11.1. The third kappa shape index (κ3) is 8.73. The molecule has 154 valence electrons. The molecule has 0 spiro atoms. The quantitative estimate of drug-likeness (QED) is 0.173. The van der Waals surface area contributed by atoms with Crippen LogP contribution in [0.15, 0.2) is 47.7 Å². The first-order chi connectivity index (χ1) is 13.2. The van der Waals surface area contributed by atoms with Crippen LogP contribution in [0.25, 0.3) is 0 Å². The summed E-state index contributed by atoms with van der Waals surface area (Å²) in [6, 6.07) is 10.2. The van der Waals surface area contributed by atoms with Gasteiger partial charge in [0.25, 0.3) is 0 Å². The molecule has 2 N–H and O–H groups in total. The zero-order chi connectivity index (χ0) is 19.3. The molecule has 2 aromatic rings. The van der Waals surface area contributed by atoms with E-state index < -0.39 is 0 Å². The van der Waals surface area contributed by atoms with Crippen molar-refractivity contribution in [1.82, 2.24) is 20.4 Å². The molecule has 1 aromatic carbocycles. The summed E-state index contributed by atoms with van der Waals surface area (Å²) < 4.78 is 6.56. The minimum absolute atomic E-state index is 0. The molecule has 0 atom stereocenters. The van der Waals surface area contributed by atoms with Crippen molar-refractivity contribution in [3.63, 3.8) is 0 Å². The fourth-order valence-corrected chi connectivity index (χ4v) is 2.64. The normalized spacial score (nSPS) is 10.9. The average Bonchev–Trinajstić information content (AvgIpc) is 3.19. The number of aliphatic imine (C=N–C) groups is 1. The van der Waals surface area contributed by atoms with Crippen molar-refractivity contribution in [2.75, 3.05) is 20.2 Å². The van der Waals surface area contributed by atoms with Gasteiger partial charge in [0.05, 0.1) is 20.2 Å². The van der Waals surface area contributed by atoms with Gasteiger partial charge in [0.15, 0.2) is 5.96 Å². The molecule has 0 aliphatic heterocycles. The molecule has 0 radical (unpaired) electrons. The van der Waals surface area contributed by atoms with Crippen molar-refractivity contribution >= 4 is 35.9 Å². The van der Waals surface area contributed by atoms with E-state index in [1.54, 1.807) is 6.20 Å². The highest BCUT2D eigenvalue weighted by atomic mass is 127. The number of hydrogen-bond donors (Lipinski definition) is 2. The molecule has 28 heavy (non-hydrogen) atoms. The van der Waals surface area contributed by atoms with Gasteiger partial charge in [0.2, 0.25) is 0 Å². The van der Waals surface area contributed by atoms with Crippen molar-refractivity contribution in [2.45, 2.75) is 39.3 Å². The number of nitrogens with zero attached hydrogens (tertiary/aromatic N) is 3. The van der Waals surface area contributed by atoms with Crippen LogP contribution in [0.3, 0.4) is 0 Å². The minimum Gasteiger partial charge on any atom is -0.469 e. The average molecular weight is 499 g/mol. The summed E-state index contributed by atoms with van der Waals surface area (Å²) in [5.41, 5.74) is 2.38. The second kappa shape index (κ2) is 14.0. The molecule has 1 aromatic heterocycles. The first kappa shape index (κ1) is 23.9. The molecule has 0 fully saturated rings. The van der Waals surface area contributed by atoms with Gasteiger partial charge in [0.1, 0.15) is 0 Å². The lowest BCUT2D eigenvalue weighted by Gasteiger charge is -2.12. The number of guanidine groups is 1. The summed E-state index contributed by atoms with van der Waals surface area (Å²) in [7, 11) is 1.42. The Morgan fingerprint density at radius 2 is 1.96 bits per heavy atom. The van der Waals surface area contributed by atoms with E-state index in [0.717, 1.165) is 38.4 Å². The van der Waals surface area contributed by atoms with Crippen molar-refractivity contribution in [1.29, 1.82) is 0 Å². The van der Waals surface area contributed by atoms with Crippen LogP contribution in [0.5, 0.6) is 0 Å². The molecule has 0 aliphatic carbocycles. The van der Waals surface area contributed by atoms with Gasteiger partial charge in [-0.2, -0.15) is 5.10 Å². The highest BCUT2D eigenvalue weighted by Gasteiger charge is 2.04. The molecule has 0 unspecified atom stereocenters. The maximum Gasteiger partial charge on any atom is 0.305 e. The van der Waals surface area contributed by atoms with E-state index in [0.29, 0.717) is 13.0 Å². The second-order valence-electron chi connectivity index (χ2n) is 6.13. The molecule has 0 aliphatic rings. The minimum atomic E-state index is -0.163. The van der Waals surface area contributed by atoms with Crippen LogP contribution in [0, 0.1) is 0 Å². The van der Waals surface area contributed by atoms with Gasteiger partial charge in [-0.15, -0.1) is 24.0 Å². The van der Waals surface area contributed by atoms with Crippen LogP contribution in [-0.2, 0) is 22.6 Å². The molecule has 0 saturated heterocycles. The van der Waals surface area contributed by atoms with Crippen molar-refractivity contribution < 1.29 is 9.53 Å². The zero-order valence-electron chi connectivity index (χ0n) is 16.6. The van der Waals surface area contributed by atoms with E-state index in [9.17, 15) is 4.79 Å². The Balaban J connectivity index is 0.00000392. The predicted octanol–water partition coefficient (Wildman–Crippen LogP) is 2.95. The first-order valence-electron chi connectivity index (χ1n) is 9.36. The van der Waals surface area contributed by atoms with E-state index in [-0.39, 0.29) is 29.9 Å². The van der Waals surface area contributed by atoms with Crippen molar-refractivity contribution in [3.05, 3.63) is 53.9 Å². The number of ether oxygens (including phenoxy) is 1. The number of carbonyl (C=O) groups is 1. The lowest BCUT2D eigenvalue weighted by molar-refractivity contribution is -0.140. The molecular weight excluding hydrogens is 469 g/mol. The van der Waals surface area contributed by atoms with Gasteiger partial charge in [-0.1, -0.05) is 24.3 Å². The second-order valence-corrected chi connectivity index (χ2v) is 6.13. The van der Waals surface area contributed by atoms with Gasteiger partial charge >= 0.3 is 5.97 Å².